The number of aromatic nitrogens is 2. The smallest absolute Gasteiger partial charge is 0.309 e. The van der Waals surface area contributed by atoms with Gasteiger partial charge in [0.25, 0.3) is 5.91 Å². The average molecular weight is 453 g/mol. The van der Waals surface area contributed by atoms with Crippen LogP contribution in [-0.2, 0) is 27.2 Å². The SMILES string of the molecule is CCOC(=O)C1CCN(C(=O)CN(C)C(=O)c2nn(-c3ccc(C)cc3)c3c2CCC3)CC1. The average Bonchev–Trinajstić information content (AvgIpc) is 3.42. The number of carbonyl (C=O) groups is 3. The van der Waals surface area contributed by atoms with Crippen LogP contribution in [0.4, 0.5) is 0 Å². The van der Waals surface area contributed by atoms with Crippen molar-refractivity contribution in [3.8, 4) is 5.69 Å². The van der Waals surface area contributed by atoms with Crippen molar-refractivity contribution in [1.29, 1.82) is 0 Å². The van der Waals surface area contributed by atoms with Crippen LogP contribution in [0, 0.1) is 12.8 Å². The molecule has 1 fully saturated rings. The lowest BCUT2D eigenvalue weighted by Gasteiger charge is -2.32. The second kappa shape index (κ2) is 9.77. The number of piperidine rings is 1. The Labute approximate surface area is 194 Å². The first-order valence-corrected chi connectivity index (χ1v) is 11.8. The third-order valence-electron chi connectivity index (χ3n) is 6.60. The fraction of sp³-hybridized carbons (Fsp3) is 0.520. The predicted molar refractivity (Wildman–Crippen MR) is 123 cm³/mol. The van der Waals surface area contributed by atoms with Gasteiger partial charge >= 0.3 is 5.97 Å². The van der Waals surface area contributed by atoms with E-state index < -0.39 is 0 Å². The summed E-state index contributed by atoms with van der Waals surface area (Å²) in [6.45, 7) is 5.20. The number of ether oxygens (including phenoxy) is 1. The number of carbonyl (C=O) groups excluding carboxylic acids is 3. The van der Waals surface area contributed by atoms with E-state index in [1.54, 1.807) is 18.9 Å². The summed E-state index contributed by atoms with van der Waals surface area (Å²) in [5.74, 6) is -0.673. The van der Waals surface area contributed by atoms with E-state index in [9.17, 15) is 14.4 Å². The molecule has 2 heterocycles. The maximum absolute atomic E-state index is 13.3. The normalized spacial score (nSPS) is 15.9. The van der Waals surface area contributed by atoms with Crippen LogP contribution in [0.5, 0.6) is 0 Å². The number of esters is 1. The number of rotatable bonds is 6. The Morgan fingerprint density at radius 2 is 1.82 bits per heavy atom. The highest BCUT2D eigenvalue weighted by molar-refractivity contribution is 5.96. The van der Waals surface area contributed by atoms with Gasteiger partial charge in [-0.05, 0) is 58.1 Å². The molecular formula is C25H32N4O4. The van der Waals surface area contributed by atoms with Gasteiger partial charge in [-0.15, -0.1) is 0 Å². The highest BCUT2D eigenvalue weighted by atomic mass is 16.5. The van der Waals surface area contributed by atoms with E-state index in [1.807, 2.05) is 35.9 Å². The number of nitrogens with zero attached hydrogens (tertiary/aromatic N) is 4. The molecule has 2 amide bonds. The summed E-state index contributed by atoms with van der Waals surface area (Å²) in [7, 11) is 1.65. The fourth-order valence-electron chi connectivity index (χ4n) is 4.69. The van der Waals surface area contributed by atoms with E-state index in [0.29, 0.717) is 38.2 Å². The number of likely N-dealkylation sites (tertiary alicyclic amines) is 1. The highest BCUT2D eigenvalue weighted by Gasteiger charge is 2.31. The van der Waals surface area contributed by atoms with Crippen molar-refractivity contribution in [2.75, 3.05) is 33.3 Å². The molecule has 8 heteroatoms. The molecule has 33 heavy (non-hydrogen) atoms. The van der Waals surface area contributed by atoms with Crippen LogP contribution >= 0.6 is 0 Å². The van der Waals surface area contributed by atoms with Crippen molar-refractivity contribution in [3.05, 3.63) is 46.8 Å². The summed E-state index contributed by atoms with van der Waals surface area (Å²) < 4.78 is 6.97. The number of fused-ring (bicyclic) bond motifs is 1. The topological polar surface area (TPSA) is 84.7 Å². The lowest BCUT2D eigenvalue weighted by atomic mass is 9.97. The fourth-order valence-corrected chi connectivity index (χ4v) is 4.69. The Morgan fingerprint density at radius 1 is 1.12 bits per heavy atom. The molecule has 1 aromatic heterocycles. The van der Waals surface area contributed by atoms with Gasteiger partial charge in [-0.3, -0.25) is 14.4 Å². The molecule has 8 nitrogen and oxygen atoms in total. The van der Waals surface area contributed by atoms with Gasteiger partial charge in [0.2, 0.25) is 5.91 Å². The van der Waals surface area contributed by atoms with Gasteiger partial charge in [0.15, 0.2) is 5.69 Å². The van der Waals surface area contributed by atoms with Gasteiger partial charge in [0.1, 0.15) is 0 Å². The van der Waals surface area contributed by atoms with Crippen LogP contribution in [0.25, 0.3) is 5.69 Å². The minimum Gasteiger partial charge on any atom is -0.466 e. The van der Waals surface area contributed by atoms with Crippen molar-refractivity contribution in [1.82, 2.24) is 19.6 Å². The van der Waals surface area contributed by atoms with Crippen molar-refractivity contribution < 1.29 is 19.1 Å². The van der Waals surface area contributed by atoms with Crippen molar-refractivity contribution >= 4 is 17.8 Å². The molecule has 1 aromatic carbocycles. The number of likely N-dealkylation sites (N-methyl/N-ethyl adjacent to an activating group) is 1. The third-order valence-corrected chi connectivity index (χ3v) is 6.60. The number of hydrogen-bond acceptors (Lipinski definition) is 5. The zero-order valence-electron chi connectivity index (χ0n) is 19.7. The molecule has 2 aromatic rings. The van der Waals surface area contributed by atoms with Crippen LogP contribution in [0.1, 0.15) is 53.5 Å². The van der Waals surface area contributed by atoms with E-state index in [-0.39, 0.29) is 30.2 Å². The summed E-state index contributed by atoms with van der Waals surface area (Å²) >= 11 is 0. The number of aryl methyl sites for hydroxylation is 1. The number of amides is 2. The Bertz CT molecular complexity index is 1040. The van der Waals surface area contributed by atoms with Gasteiger partial charge in [-0.2, -0.15) is 5.10 Å². The minimum atomic E-state index is -0.228. The number of benzene rings is 1. The molecule has 1 saturated heterocycles. The van der Waals surface area contributed by atoms with E-state index >= 15 is 0 Å². The predicted octanol–water partition coefficient (Wildman–Crippen LogP) is 2.54. The lowest BCUT2D eigenvalue weighted by molar-refractivity contribution is -0.151. The summed E-state index contributed by atoms with van der Waals surface area (Å²) in [5.41, 5.74) is 4.64. The van der Waals surface area contributed by atoms with Gasteiger partial charge < -0.3 is 14.5 Å². The van der Waals surface area contributed by atoms with Gasteiger partial charge in [0, 0.05) is 31.4 Å². The Hall–Kier alpha value is -3.16. The quantitative estimate of drug-likeness (QED) is 0.629. The van der Waals surface area contributed by atoms with E-state index in [2.05, 4.69) is 5.10 Å². The molecule has 2 aliphatic rings. The van der Waals surface area contributed by atoms with Crippen molar-refractivity contribution in [3.63, 3.8) is 0 Å². The second-order valence-corrected chi connectivity index (χ2v) is 8.94. The monoisotopic (exact) mass is 452 g/mol. The zero-order valence-corrected chi connectivity index (χ0v) is 19.7. The Morgan fingerprint density at radius 3 is 2.48 bits per heavy atom. The molecule has 0 bridgehead atoms. The molecule has 0 unspecified atom stereocenters. The van der Waals surface area contributed by atoms with Crippen LogP contribution < -0.4 is 0 Å². The summed E-state index contributed by atoms with van der Waals surface area (Å²) in [5, 5.41) is 4.67. The molecule has 0 atom stereocenters. The van der Waals surface area contributed by atoms with Crippen LogP contribution in [-0.4, -0.2) is 70.7 Å². The Balaban J connectivity index is 1.42. The molecule has 1 aliphatic heterocycles. The standard InChI is InChI=1S/C25H32N4O4/c1-4-33-25(32)18-12-14-28(15-13-18)22(30)16-27(3)24(31)23-20-6-5-7-21(20)29(26-23)19-10-8-17(2)9-11-19/h8-11,18H,4-7,12-16H2,1-3H3. The molecule has 0 saturated carbocycles. The van der Waals surface area contributed by atoms with Crippen molar-refractivity contribution in [2.45, 2.75) is 46.0 Å². The largest absolute Gasteiger partial charge is 0.466 e. The summed E-state index contributed by atoms with van der Waals surface area (Å²) in [6.07, 6.45) is 3.90. The van der Waals surface area contributed by atoms with E-state index in [4.69, 9.17) is 4.74 Å². The van der Waals surface area contributed by atoms with Gasteiger partial charge in [-0.25, -0.2) is 4.68 Å². The zero-order chi connectivity index (χ0) is 23.5. The van der Waals surface area contributed by atoms with Crippen molar-refractivity contribution in [2.24, 2.45) is 5.92 Å². The first kappa shape index (κ1) is 23.0. The van der Waals surface area contributed by atoms with Gasteiger partial charge in [-0.1, -0.05) is 17.7 Å². The highest BCUT2D eigenvalue weighted by Crippen LogP contribution is 2.28. The van der Waals surface area contributed by atoms with E-state index in [0.717, 1.165) is 36.2 Å². The molecule has 1 aliphatic carbocycles. The first-order valence-electron chi connectivity index (χ1n) is 11.8. The molecular weight excluding hydrogens is 420 g/mol. The summed E-state index contributed by atoms with van der Waals surface area (Å²) in [6, 6.07) is 8.11. The molecule has 0 N–H and O–H groups in total. The summed E-state index contributed by atoms with van der Waals surface area (Å²) in [4.78, 5) is 41.2. The lowest BCUT2D eigenvalue weighted by Crippen LogP contribution is -2.45. The van der Waals surface area contributed by atoms with Gasteiger partial charge in [0.05, 0.1) is 24.8 Å². The third kappa shape index (κ3) is 4.79. The van der Waals surface area contributed by atoms with Crippen LogP contribution in [0.2, 0.25) is 0 Å². The van der Waals surface area contributed by atoms with Crippen LogP contribution in [0.3, 0.4) is 0 Å². The van der Waals surface area contributed by atoms with Crippen LogP contribution in [0.15, 0.2) is 24.3 Å². The maximum Gasteiger partial charge on any atom is 0.309 e. The van der Waals surface area contributed by atoms with E-state index in [1.165, 1.54) is 10.5 Å². The maximum atomic E-state index is 13.3. The molecule has 0 spiro atoms. The second-order valence-electron chi connectivity index (χ2n) is 8.94. The number of hydrogen-bond donors (Lipinski definition) is 0. The molecule has 4 rings (SSSR count). The molecule has 176 valence electrons. The molecule has 0 radical (unpaired) electrons. The minimum absolute atomic E-state index is 0.00489. The Kier molecular flexibility index (Phi) is 6.81. The first-order chi connectivity index (χ1) is 15.9.